The van der Waals surface area contributed by atoms with Crippen molar-refractivity contribution in [3.05, 3.63) is 59.7 Å². The summed E-state index contributed by atoms with van der Waals surface area (Å²) < 4.78 is 37.4. The maximum atomic E-state index is 12.5. The van der Waals surface area contributed by atoms with E-state index in [0.717, 1.165) is 11.1 Å². The molecule has 1 unspecified atom stereocenters. The van der Waals surface area contributed by atoms with E-state index in [9.17, 15) is 13.2 Å². The molecule has 2 aromatic carbocycles. The van der Waals surface area contributed by atoms with E-state index in [1.807, 2.05) is 31.2 Å². The third-order valence-corrected chi connectivity index (χ3v) is 5.31. The number of ether oxygens (including phenoxy) is 2. The normalized spacial score (nSPS) is 12.4. The van der Waals surface area contributed by atoms with E-state index >= 15 is 0 Å². The molecule has 26 heavy (non-hydrogen) atoms. The number of aryl methyl sites for hydroxylation is 1. The summed E-state index contributed by atoms with van der Waals surface area (Å²) in [6.07, 6.45) is -1.02. The SMILES string of the molecule is COC(=O)Nc1ccc(S(=O)(=O)NCC(OC)c2ccccc2C)cc1. The van der Waals surface area contributed by atoms with Gasteiger partial charge in [-0.25, -0.2) is 17.9 Å². The van der Waals surface area contributed by atoms with Gasteiger partial charge in [-0.05, 0) is 42.3 Å². The Kier molecular flexibility index (Phi) is 6.73. The number of anilines is 1. The second kappa shape index (κ2) is 8.79. The van der Waals surface area contributed by atoms with E-state index in [1.54, 1.807) is 7.11 Å². The molecular weight excluding hydrogens is 356 g/mol. The van der Waals surface area contributed by atoms with Gasteiger partial charge in [-0.15, -0.1) is 0 Å². The third-order valence-electron chi connectivity index (χ3n) is 3.88. The molecule has 0 bridgehead atoms. The van der Waals surface area contributed by atoms with Gasteiger partial charge in [0.05, 0.1) is 18.1 Å². The Morgan fingerprint density at radius 3 is 2.31 bits per heavy atom. The first-order chi connectivity index (χ1) is 12.4. The van der Waals surface area contributed by atoms with Crippen LogP contribution in [-0.4, -0.2) is 35.3 Å². The highest BCUT2D eigenvalue weighted by molar-refractivity contribution is 7.89. The van der Waals surface area contributed by atoms with E-state index in [4.69, 9.17) is 4.74 Å². The summed E-state index contributed by atoms with van der Waals surface area (Å²) in [6, 6.07) is 13.4. The molecule has 0 radical (unpaired) electrons. The Balaban J connectivity index is 2.08. The number of hydrogen-bond acceptors (Lipinski definition) is 5. The second-order valence-corrected chi connectivity index (χ2v) is 7.34. The summed E-state index contributed by atoms with van der Waals surface area (Å²) in [5.74, 6) is 0. The summed E-state index contributed by atoms with van der Waals surface area (Å²) in [5, 5.41) is 2.46. The molecule has 0 saturated heterocycles. The van der Waals surface area contributed by atoms with Gasteiger partial charge in [0.2, 0.25) is 10.0 Å². The minimum absolute atomic E-state index is 0.0903. The van der Waals surface area contributed by atoms with Gasteiger partial charge < -0.3 is 9.47 Å². The first-order valence-corrected chi connectivity index (χ1v) is 9.38. The summed E-state index contributed by atoms with van der Waals surface area (Å²) in [6.45, 7) is 2.05. The average molecular weight is 378 g/mol. The van der Waals surface area contributed by atoms with Gasteiger partial charge in [-0.2, -0.15) is 0 Å². The predicted molar refractivity (Wildman–Crippen MR) is 98.6 cm³/mol. The van der Waals surface area contributed by atoms with E-state index < -0.39 is 22.2 Å². The molecule has 2 aromatic rings. The second-order valence-electron chi connectivity index (χ2n) is 5.57. The zero-order chi connectivity index (χ0) is 19.2. The van der Waals surface area contributed by atoms with Crippen molar-refractivity contribution < 1.29 is 22.7 Å². The van der Waals surface area contributed by atoms with Gasteiger partial charge in [-0.3, -0.25) is 5.32 Å². The van der Waals surface area contributed by atoms with Crippen molar-refractivity contribution in [2.75, 3.05) is 26.1 Å². The van der Waals surface area contributed by atoms with Gasteiger partial charge in [0.25, 0.3) is 0 Å². The van der Waals surface area contributed by atoms with Crippen LogP contribution < -0.4 is 10.0 Å². The van der Waals surface area contributed by atoms with Crippen LogP contribution in [0.3, 0.4) is 0 Å². The zero-order valence-electron chi connectivity index (χ0n) is 14.9. The first-order valence-electron chi connectivity index (χ1n) is 7.90. The minimum Gasteiger partial charge on any atom is -0.453 e. The lowest BCUT2D eigenvalue weighted by Gasteiger charge is -2.18. The monoisotopic (exact) mass is 378 g/mol. The largest absolute Gasteiger partial charge is 0.453 e. The highest BCUT2D eigenvalue weighted by Crippen LogP contribution is 2.21. The molecule has 8 heteroatoms. The topological polar surface area (TPSA) is 93.7 Å². The number of sulfonamides is 1. The molecular formula is C18H22N2O5S. The van der Waals surface area contributed by atoms with E-state index in [-0.39, 0.29) is 11.4 Å². The van der Waals surface area contributed by atoms with Crippen LogP contribution in [0.25, 0.3) is 0 Å². The van der Waals surface area contributed by atoms with Crippen molar-refractivity contribution in [2.24, 2.45) is 0 Å². The van der Waals surface area contributed by atoms with Crippen LogP contribution in [0, 0.1) is 6.92 Å². The Hall–Kier alpha value is -2.42. The molecule has 0 fully saturated rings. The van der Waals surface area contributed by atoms with Crippen LogP contribution in [0.1, 0.15) is 17.2 Å². The number of amides is 1. The van der Waals surface area contributed by atoms with Gasteiger partial charge in [0, 0.05) is 19.3 Å². The number of nitrogens with one attached hydrogen (secondary N) is 2. The number of hydrogen-bond donors (Lipinski definition) is 2. The molecule has 140 valence electrons. The van der Waals surface area contributed by atoms with Crippen LogP contribution in [0.4, 0.5) is 10.5 Å². The lowest BCUT2D eigenvalue weighted by molar-refractivity contribution is 0.107. The first kappa shape index (κ1) is 19.9. The number of carbonyl (C=O) groups excluding carboxylic acids is 1. The molecule has 0 aliphatic heterocycles. The number of methoxy groups -OCH3 is 2. The molecule has 0 aliphatic carbocycles. The molecule has 2 rings (SSSR count). The number of benzene rings is 2. The van der Waals surface area contributed by atoms with E-state index in [1.165, 1.54) is 31.4 Å². The Bertz CT molecular complexity index is 850. The quantitative estimate of drug-likeness (QED) is 0.773. The van der Waals surface area contributed by atoms with Crippen molar-refractivity contribution >= 4 is 21.8 Å². The Morgan fingerprint density at radius 1 is 1.08 bits per heavy atom. The van der Waals surface area contributed by atoms with Crippen LogP contribution in [0.15, 0.2) is 53.4 Å². The molecule has 0 heterocycles. The van der Waals surface area contributed by atoms with Crippen molar-refractivity contribution in [2.45, 2.75) is 17.9 Å². The van der Waals surface area contributed by atoms with Crippen LogP contribution in [0.5, 0.6) is 0 Å². The Labute approximate surface area is 153 Å². The fraction of sp³-hybridized carbons (Fsp3) is 0.278. The summed E-state index contributed by atoms with van der Waals surface area (Å²) in [7, 11) is -0.922. The molecule has 0 saturated carbocycles. The fourth-order valence-electron chi connectivity index (χ4n) is 2.42. The zero-order valence-corrected chi connectivity index (χ0v) is 15.7. The maximum absolute atomic E-state index is 12.5. The Morgan fingerprint density at radius 2 is 1.73 bits per heavy atom. The van der Waals surface area contributed by atoms with E-state index in [0.29, 0.717) is 5.69 Å². The lowest BCUT2D eigenvalue weighted by Crippen LogP contribution is -2.29. The maximum Gasteiger partial charge on any atom is 0.411 e. The molecule has 1 atom stereocenters. The van der Waals surface area contributed by atoms with Crippen molar-refractivity contribution in [3.8, 4) is 0 Å². The molecule has 0 aliphatic rings. The third kappa shape index (κ3) is 5.04. The highest BCUT2D eigenvalue weighted by atomic mass is 32.2. The van der Waals surface area contributed by atoms with Gasteiger partial charge >= 0.3 is 6.09 Å². The predicted octanol–water partition coefficient (Wildman–Crippen LogP) is 2.84. The van der Waals surface area contributed by atoms with Crippen molar-refractivity contribution in [1.29, 1.82) is 0 Å². The molecule has 1 amide bonds. The van der Waals surface area contributed by atoms with Crippen LogP contribution in [0.2, 0.25) is 0 Å². The summed E-state index contributed by atoms with van der Waals surface area (Å²) in [4.78, 5) is 11.2. The summed E-state index contributed by atoms with van der Waals surface area (Å²) >= 11 is 0. The van der Waals surface area contributed by atoms with Gasteiger partial charge in [0.15, 0.2) is 0 Å². The fourth-order valence-corrected chi connectivity index (χ4v) is 3.46. The van der Waals surface area contributed by atoms with Gasteiger partial charge in [-0.1, -0.05) is 24.3 Å². The standard InChI is InChI=1S/C18H22N2O5S/c1-13-6-4-5-7-16(13)17(24-2)12-19-26(22,23)15-10-8-14(9-11-15)20-18(21)25-3/h4-11,17,19H,12H2,1-3H3,(H,20,21). The summed E-state index contributed by atoms with van der Waals surface area (Å²) in [5.41, 5.74) is 2.39. The smallest absolute Gasteiger partial charge is 0.411 e. The molecule has 7 nitrogen and oxygen atoms in total. The molecule has 0 spiro atoms. The van der Waals surface area contributed by atoms with Crippen molar-refractivity contribution in [3.63, 3.8) is 0 Å². The molecule has 0 aromatic heterocycles. The van der Waals surface area contributed by atoms with Crippen LogP contribution in [-0.2, 0) is 19.5 Å². The van der Waals surface area contributed by atoms with Crippen LogP contribution >= 0.6 is 0 Å². The molecule has 2 N–H and O–H groups in total. The number of rotatable bonds is 7. The minimum atomic E-state index is -3.71. The highest BCUT2D eigenvalue weighted by Gasteiger charge is 2.19. The average Bonchev–Trinajstić information content (AvgIpc) is 2.64. The van der Waals surface area contributed by atoms with E-state index in [2.05, 4.69) is 14.8 Å². The number of carbonyl (C=O) groups is 1. The van der Waals surface area contributed by atoms with Gasteiger partial charge in [0.1, 0.15) is 0 Å². The lowest BCUT2D eigenvalue weighted by atomic mass is 10.0. The van der Waals surface area contributed by atoms with Crippen molar-refractivity contribution in [1.82, 2.24) is 4.72 Å².